The number of carboxylic acid groups (broad SMARTS) is 2. The van der Waals surface area contributed by atoms with E-state index in [1.54, 1.807) is 21.6 Å². The third kappa shape index (κ3) is 4.28. The molecule has 118 valence electrons. The summed E-state index contributed by atoms with van der Waals surface area (Å²) in [5.74, 6) is 2.48. The van der Waals surface area contributed by atoms with Crippen LogP contribution in [0.1, 0.15) is 11.6 Å². The lowest BCUT2D eigenvalue weighted by Crippen LogP contribution is -2.12. The van der Waals surface area contributed by atoms with Crippen LogP contribution in [0.5, 0.6) is 0 Å². The van der Waals surface area contributed by atoms with Gasteiger partial charge < -0.3 is 10.2 Å². The smallest absolute Gasteiger partial charge is 0.416 e. The van der Waals surface area contributed by atoms with Gasteiger partial charge in [0.15, 0.2) is 0 Å². The van der Waals surface area contributed by atoms with Crippen LogP contribution in [0.4, 0.5) is 9.59 Å². The molecule has 0 aromatic carbocycles. The Morgan fingerprint density at radius 1 is 0.909 bits per heavy atom. The van der Waals surface area contributed by atoms with E-state index >= 15 is 0 Å². The first-order valence-electron chi connectivity index (χ1n) is 6.35. The van der Waals surface area contributed by atoms with Crippen molar-refractivity contribution in [2.75, 3.05) is 11.5 Å². The van der Waals surface area contributed by atoms with Gasteiger partial charge in [-0.15, -0.1) is 0 Å². The zero-order valence-corrected chi connectivity index (χ0v) is 13.1. The molecule has 0 fully saturated rings. The summed E-state index contributed by atoms with van der Waals surface area (Å²) in [5, 5.41) is 17.9. The topological polar surface area (TPSA) is 110 Å². The molecular weight excluding hydrogens is 328 g/mol. The summed E-state index contributed by atoms with van der Waals surface area (Å²) in [6, 6.07) is 0. The number of carbonyl (C=O) groups is 2. The fourth-order valence-corrected chi connectivity index (χ4v) is 3.75. The van der Waals surface area contributed by atoms with E-state index in [2.05, 4.69) is 9.97 Å². The lowest BCUT2D eigenvalue weighted by molar-refractivity contribution is 0.194. The lowest BCUT2D eigenvalue weighted by Gasteiger charge is -2.03. The zero-order chi connectivity index (χ0) is 15.9. The van der Waals surface area contributed by atoms with Gasteiger partial charge in [-0.1, -0.05) is 21.6 Å². The average Bonchev–Trinajstić information content (AvgIpc) is 3.11. The minimum atomic E-state index is -1.04. The SMILES string of the molecule is O=C(O)n1ccnc1CCSSCCc1nccn1C(=O)O. The summed E-state index contributed by atoms with van der Waals surface area (Å²) in [5.41, 5.74) is 0. The monoisotopic (exact) mass is 342 g/mol. The summed E-state index contributed by atoms with van der Waals surface area (Å²) in [7, 11) is 3.19. The quantitative estimate of drug-likeness (QED) is 0.582. The van der Waals surface area contributed by atoms with E-state index < -0.39 is 12.2 Å². The summed E-state index contributed by atoms with van der Waals surface area (Å²) in [4.78, 5) is 29.8. The number of hydrogen-bond donors (Lipinski definition) is 2. The van der Waals surface area contributed by atoms with Crippen molar-refractivity contribution < 1.29 is 19.8 Å². The first-order chi connectivity index (χ1) is 10.6. The van der Waals surface area contributed by atoms with E-state index in [9.17, 15) is 9.59 Å². The molecule has 0 bridgehead atoms. The molecular formula is C12H14N4O4S2. The van der Waals surface area contributed by atoms with Crippen LogP contribution in [-0.2, 0) is 12.8 Å². The number of imidazole rings is 2. The van der Waals surface area contributed by atoms with Gasteiger partial charge in [-0.2, -0.15) is 0 Å². The summed E-state index contributed by atoms with van der Waals surface area (Å²) >= 11 is 0. The Hall–Kier alpha value is -1.94. The van der Waals surface area contributed by atoms with Gasteiger partial charge in [0.05, 0.1) is 0 Å². The fraction of sp³-hybridized carbons (Fsp3) is 0.333. The largest absolute Gasteiger partial charge is 0.464 e. The first-order valence-corrected chi connectivity index (χ1v) is 8.84. The predicted octanol–water partition coefficient (Wildman–Crippen LogP) is 2.30. The van der Waals surface area contributed by atoms with E-state index in [0.29, 0.717) is 24.5 Å². The number of rotatable bonds is 7. The molecule has 8 nitrogen and oxygen atoms in total. The van der Waals surface area contributed by atoms with Gasteiger partial charge in [-0.25, -0.2) is 28.7 Å². The molecule has 0 aliphatic rings. The highest BCUT2D eigenvalue weighted by atomic mass is 33.1. The number of hydrogen-bond acceptors (Lipinski definition) is 6. The zero-order valence-electron chi connectivity index (χ0n) is 11.5. The van der Waals surface area contributed by atoms with Gasteiger partial charge in [0.1, 0.15) is 11.6 Å². The maximum Gasteiger partial charge on any atom is 0.416 e. The Morgan fingerprint density at radius 3 is 1.68 bits per heavy atom. The average molecular weight is 342 g/mol. The van der Waals surface area contributed by atoms with Crippen molar-refractivity contribution in [3.05, 3.63) is 36.4 Å². The second-order valence-electron chi connectivity index (χ2n) is 4.14. The number of nitrogens with zero attached hydrogens (tertiary/aromatic N) is 4. The maximum atomic E-state index is 10.9. The standard InChI is InChI=1S/C12H14N4O4S2/c17-11(18)15-5-3-13-9(15)1-7-21-22-8-2-10-14-4-6-16(10)12(19)20/h3-6H,1-2,7-8H2,(H,17,18)(H,19,20). The van der Waals surface area contributed by atoms with Crippen LogP contribution in [-0.4, -0.2) is 53.0 Å². The highest BCUT2D eigenvalue weighted by molar-refractivity contribution is 8.76. The Balaban J connectivity index is 1.67. The second kappa shape index (κ2) is 7.90. The van der Waals surface area contributed by atoms with E-state index in [-0.39, 0.29) is 0 Å². The molecule has 0 amide bonds. The fourth-order valence-electron chi connectivity index (χ4n) is 1.77. The molecule has 10 heteroatoms. The molecule has 2 aromatic rings. The van der Waals surface area contributed by atoms with Crippen molar-refractivity contribution in [1.29, 1.82) is 0 Å². The summed E-state index contributed by atoms with van der Waals surface area (Å²) in [6.45, 7) is 0. The summed E-state index contributed by atoms with van der Waals surface area (Å²) < 4.78 is 2.21. The van der Waals surface area contributed by atoms with E-state index in [1.807, 2.05) is 0 Å². The number of aromatic nitrogens is 4. The molecule has 0 aliphatic heterocycles. The molecule has 2 heterocycles. The Kier molecular flexibility index (Phi) is 5.90. The molecule has 2 N–H and O–H groups in total. The van der Waals surface area contributed by atoms with Gasteiger partial charge in [0.2, 0.25) is 0 Å². The first kappa shape index (κ1) is 16.4. The van der Waals surface area contributed by atoms with E-state index in [4.69, 9.17) is 10.2 Å². The second-order valence-corrected chi connectivity index (χ2v) is 6.84. The Bertz CT molecular complexity index is 599. The van der Waals surface area contributed by atoms with Crippen LogP contribution in [0.25, 0.3) is 0 Å². The lowest BCUT2D eigenvalue weighted by atomic mass is 10.4. The molecule has 0 saturated heterocycles. The van der Waals surface area contributed by atoms with Crippen molar-refractivity contribution in [1.82, 2.24) is 19.1 Å². The Morgan fingerprint density at radius 2 is 1.32 bits per heavy atom. The van der Waals surface area contributed by atoms with Crippen molar-refractivity contribution in [2.45, 2.75) is 12.8 Å². The normalized spacial score (nSPS) is 10.7. The van der Waals surface area contributed by atoms with Gasteiger partial charge in [-0.05, 0) is 0 Å². The van der Waals surface area contributed by atoms with Gasteiger partial charge in [0, 0.05) is 49.1 Å². The van der Waals surface area contributed by atoms with Crippen LogP contribution in [0.3, 0.4) is 0 Å². The van der Waals surface area contributed by atoms with Gasteiger partial charge in [-0.3, -0.25) is 0 Å². The predicted molar refractivity (Wildman–Crippen MR) is 83.6 cm³/mol. The molecule has 0 unspecified atom stereocenters. The van der Waals surface area contributed by atoms with Crippen LogP contribution in [0.15, 0.2) is 24.8 Å². The van der Waals surface area contributed by atoms with Crippen LogP contribution in [0.2, 0.25) is 0 Å². The molecule has 0 radical (unpaired) electrons. The third-order valence-corrected chi connectivity index (χ3v) is 5.16. The molecule has 0 aliphatic carbocycles. The highest BCUT2D eigenvalue weighted by Crippen LogP contribution is 2.23. The van der Waals surface area contributed by atoms with Crippen LogP contribution >= 0.6 is 21.6 Å². The van der Waals surface area contributed by atoms with Crippen molar-refractivity contribution >= 4 is 33.8 Å². The van der Waals surface area contributed by atoms with Gasteiger partial charge >= 0.3 is 12.2 Å². The molecule has 0 spiro atoms. The van der Waals surface area contributed by atoms with Crippen LogP contribution in [0, 0.1) is 0 Å². The van der Waals surface area contributed by atoms with Gasteiger partial charge in [0.25, 0.3) is 0 Å². The molecule has 2 aromatic heterocycles. The third-order valence-electron chi connectivity index (χ3n) is 2.75. The Labute approximate surface area is 134 Å². The molecule has 2 rings (SSSR count). The van der Waals surface area contributed by atoms with Crippen molar-refractivity contribution in [3.63, 3.8) is 0 Å². The van der Waals surface area contributed by atoms with E-state index in [1.165, 1.54) is 24.8 Å². The molecule has 0 saturated carbocycles. The summed E-state index contributed by atoms with van der Waals surface area (Å²) in [6.07, 6.45) is 4.81. The van der Waals surface area contributed by atoms with E-state index in [0.717, 1.165) is 20.6 Å². The minimum Gasteiger partial charge on any atom is -0.464 e. The minimum absolute atomic E-state index is 0.516. The molecule has 22 heavy (non-hydrogen) atoms. The van der Waals surface area contributed by atoms with Crippen molar-refractivity contribution in [2.24, 2.45) is 0 Å². The highest BCUT2D eigenvalue weighted by Gasteiger charge is 2.09. The van der Waals surface area contributed by atoms with Crippen LogP contribution < -0.4 is 0 Å². The maximum absolute atomic E-state index is 10.9. The van der Waals surface area contributed by atoms with Crippen molar-refractivity contribution in [3.8, 4) is 0 Å². The molecule has 0 atom stereocenters. The number of aryl methyl sites for hydroxylation is 2.